The molecule has 2 aromatic rings. The predicted molar refractivity (Wildman–Crippen MR) is 110 cm³/mol. The van der Waals surface area contributed by atoms with Gasteiger partial charge < -0.3 is 19.1 Å². The zero-order valence-corrected chi connectivity index (χ0v) is 16.6. The fraction of sp³-hybridized carbons (Fsp3) is 0.0909. The summed E-state index contributed by atoms with van der Waals surface area (Å²) in [6.07, 6.45) is 6.51. The first-order valence-electron chi connectivity index (χ1n) is 8.62. The van der Waals surface area contributed by atoms with Gasteiger partial charge in [-0.15, -0.1) is 0 Å². The summed E-state index contributed by atoms with van der Waals surface area (Å²) in [5, 5.41) is 0.574. The van der Waals surface area contributed by atoms with Gasteiger partial charge in [-0.1, -0.05) is 23.7 Å². The van der Waals surface area contributed by atoms with Gasteiger partial charge in [0, 0.05) is 16.9 Å². The van der Waals surface area contributed by atoms with Crippen molar-refractivity contribution in [2.24, 2.45) is 0 Å². The van der Waals surface area contributed by atoms with Gasteiger partial charge in [0.15, 0.2) is 0 Å². The van der Waals surface area contributed by atoms with Gasteiger partial charge in [-0.2, -0.15) is 0 Å². The van der Waals surface area contributed by atoms with E-state index in [1.54, 1.807) is 71.8 Å². The molecule has 1 aliphatic rings. The third-order valence-corrected chi connectivity index (χ3v) is 4.27. The fourth-order valence-electron chi connectivity index (χ4n) is 2.71. The molecule has 0 N–H and O–H groups in total. The van der Waals surface area contributed by atoms with Crippen LogP contribution in [0, 0.1) is 0 Å². The van der Waals surface area contributed by atoms with Crippen molar-refractivity contribution in [1.82, 2.24) is 0 Å². The van der Waals surface area contributed by atoms with E-state index in [9.17, 15) is 9.59 Å². The molecule has 0 aromatic heterocycles. The largest absolute Gasteiger partial charge is 0.465 e. The zero-order valence-electron chi connectivity index (χ0n) is 15.8. The van der Waals surface area contributed by atoms with Crippen LogP contribution in [0.2, 0.25) is 5.02 Å². The molecule has 2 aromatic carbocycles. The van der Waals surface area contributed by atoms with E-state index in [0.717, 1.165) is 0 Å². The van der Waals surface area contributed by atoms with Crippen molar-refractivity contribution in [3.8, 4) is 11.5 Å². The molecule has 7 heteroatoms. The molecule has 0 fully saturated rings. The number of halogens is 1. The Bertz CT molecular complexity index is 1010. The summed E-state index contributed by atoms with van der Waals surface area (Å²) in [6.45, 7) is 0. The normalized spacial score (nSPS) is 13.1. The number of benzene rings is 2. The monoisotopic (exact) mass is 411 g/mol. The molecule has 1 aliphatic heterocycles. The van der Waals surface area contributed by atoms with Gasteiger partial charge >= 0.3 is 11.9 Å². The van der Waals surface area contributed by atoms with Crippen molar-refractivity contribution in [2.75, 3.05) is 19.1 Å². The van der Waals surface area contributed by atoms with E-state index < -0.39 is 11.9 Å². The molecule has 0 aliphatic carbocycles. The number of carbonyl (C=O) groups excluding carboxylic acids is 2. The second kappa shape index (κ2) is 9.12. The minimum atomic E-state index is -0.666. The smallest absolute Gasteiger partial charge is 0.355 e. The second-order valence-electron chi connectivity index (χ2n) is 5.87. The Morgan fingerprint density at radius 1 is 0.897 bits per heavy atom. The molecule has 0 atom stereocenters. The van der Waals surface area contributed by atoms with Crippen LogP contribution in [0.3, 0.4) is 0 Å². The Morgan fingerprint density at radius 3 is 2.28 bits per heavy atom. The molecule has 0 amide bonds. The first-order valence-corrected chi connectivity index (χ1v) is 9.00. The minimum Gasteiger partial charge on any atom is -0.465 e. The molecule has 0 bridgehead atoms. The standard InChI is InChI=1S/C22H18ClNO5/c1-27-21(25)19-8-3-4-13-24(20(19)22(26)28-2)16-9-11-17(12-10-16)29-18-7-5-6-15(23)14-18/h3-14H,1-2H3. The lowest BCUT2D eigenvalue weighted by Gasteiger charge is -2.23. The number of allylic oxidation sites excluding steroid dienone is 2. The van der Waals surface area contributed by atoms with Crippen LogP contribution >= 0.6 is 11.6 Å². The first kappa shape index (κ1) is 20.2. The van der Waals surface area contributed by atoms with E-state index in [0.29, 0.717) is 22.2 Å². The first-order chi connectivity index (χ1) is 14.0. The van der Waals surface area contributed by atoms with E-state index in [-0.39, 0.29) is 11.3 Å². The lowest BCUT2D eigenvalue weighted by atomic mass is 10.1. The minimum absolute atomic E-state index is 0.0489. The van der Waals surface area contributed by atoms with Gasteiger partial charge in [-0.25, -0.2) is 9.59 Å². The fourth-order valence-corrected chi connectivity index (χ4v) is 2.89. The summed E-state index contributed by atoms with van der Waals surface area (Å²) < 4.78 is 15.5. The molecular formula is C22H18ClNO5. The number of anilines is 1. The van der Waals surface area contributed by atoms with Gasteiger partial charge in [-0.3, -0.25) is 0 Å². The number of nitrogens with zero attached hydrogens (tertiary/aromatic N) is 1. The molecule has 0 saturated heterocycles. The average molecular weight is 412 g/mol. The highest BCUT2D eigenvalue weighted by Gasteiger charge is 2.27. The van der Waals surface area contributed by atoms with Gasteiger partial charge in [0.1, 0.15) is 17.2 Å². The number of carbonyl (C=O) groups is 2. The Balaban J connectivity index is 1.95. The van der Waals surface area contributed by atoms with Crippen LogP contribution in [0.4, 0.5) is 5.69 Å². The molecule has 148 valence electrons. The summed E-state index contributed by atoms with van der Waals surface area (Å²) in [4.78, 5) is 26.2. The van der Waals surface area contributed by atoms with E-state index in [4.69, 9.17) is 25.8 Å². The van der Waals surface area contributed by atoms with Gasteiger partial charge in [0.25, 0.3) is 0 Å². The third-order valence-electron chi connectivity index (χ3n) is 4.04. The number of ether oxygens (including phenoxy) is 3. The average Bonchev–Trinajstić information content (AvgIpc) is 2.96. The summed E-state index contributed by atoms with van der Waals surface area (Å²) in [5.74, 6) is -0.117. The Labute approximate surface area is 173 Å². The Kier molecular flexibility index (Phi) is 6.36. The van der Waals surface area contributed by atoms with Crippen LogP contribution in [-0.4, -0.2) is 26.2 Å². The maximum absolute atomic E-state index is 12.4. The SMILES string of the molecule is COC(=O)C1=C(C(=O)OC)N(c2ccc(Oc3cccc(Cl)c3)cc2)C=CC=C1. The summed E-state index contributed by atoms with van der Waals surface area (Å²) in [6, 6.07) is 14.1. The van der Waals surface area contributed by atoms with Crippen LogP contribution in [0.5, 0.6) is 11.5 Å². The number of esters is 2. The van der Waals surface area contributed by atoms with Crippen molar-refractivity contribution < 1.29 is 23.8 Å². The highest BCUT2D eigenvalue weighted by Crippen LogP contribution is 2.30. The van der Waals surface area contributed by atoms with Crippen LogP contribution < -0.4 is 9.64 Å². The number of rotatable bonds is 5. The topological polar surface area (TPSA) is 65.1 Å². The van der Waals surface area contributed by atoms with Crippen LogP contribution in [0.1, 0.15) is 0 Å². The van der Waals surface area contributed by atoms with Gasteiger partial charge in [0.2, 0.25) is 0 Å². The quantitative estimate of drug-likeness (QED) is 0.669. The molecular weight excluding hydrogens is 394 g/mol. The number of methoxy groups -OCH3 is 2. The summed E-state index contributed by atoms with van der Waals surface area (Å²) in [7, 11) is 2.51. The number of hydrogen-bond acceptors (Lipinski definition) is 6. The maximum Gasteiger partial charge on any atom is 0.355 e. The molecule has 6 nitrogen and oxygen atoms in total. The van der Waals surface area contributed by atoms with E-state index in [2.05, 4.69) is 0 Å². The van der Waals surface area contributed by atoms with Crippen molar-refractivity contribution in [1.29, 1.82) is 0 Å². The molecule has 0 radical (unpaired) electrons. The number of hydrogen-bond donors (Lipinski definition) is 0. The zero-order chi connectivity index (χ0) is 20.8. The molecule has 0 unspecified atom stereocenters. The highest BCUT2D eigenvalue weighted by atomic mass is 35.5. The second-order valence-corrected chi connectivity index (χ2v) is 6.31. The van der Waals surface area contributed by atoms with Gasteiger partial charge in [-0.05, 0) is 54.6 Å². The van der Waals surface area contributed by atoms with Crippen molar-refractivity contribution in [3.63, 3.8) is 0 Å². The van der Waals surface area contributed by atoms with Gasteiger partial charge in [0.05, 0.1) is 19.8 Å². The molecule has 29 heavy (non-hydrogen) atoms. The van der Waals surface area contributed by atoms with E-state index >= 15 is 0 Å². The Morgan fingerprint density at radius 2 is 1.62 bits per heavy atom. The summed E-state index contributed by atoms with van der Waals surface area (Å²) >= 11 is 5.98. The van der Waals surface area contributed by atoms with Crippen LogP contribution in [0.25, 0.3) is 0 Å². The van der Waals surface area contributed by atoms with Crippen LogP contribution in [-0.2, 0) is 19.1 Å². The maximum atomic E-state index is 12.4. The summed E-state index contributed by atoms with van der Waals surface area (Å²) in [5.41, 5.74) is 0.765. The third kappa shape index (κ3) is 4.67. The predicted octanol–water partition coefficient (Wildman–Crippen LogP) is 4.62. The van der Waals surface area contributed by atoms with Crippen LogP contribution in [0.15, 0.2) is 84.2 Å². The molecule has 0 spiro atoms. The lowest BCUT2D eigenvalue weighted by molar-refractivity contribution is -0.139. The van der Waals surface area contributed by atoms with E-state index in [1.165, 1.54) is 20.3 Å². The molecule has 0 saturated carbocycles. The van der Waals surface area contributed by atoms with Crippen molar-refractivity contribution >= 4 is 29.2 Å². The van der Waals surface area contributed by atoms with Crippen molar-refractivity contribution in [2.45, 2.75) is 0 Å². The van der Waals surface area contributed by atoms with Crippen molar-refractivity contribution in [3.05, 3.63) is 89.3 Å². The lowest BCUT2D eigenvalue weighted by Crippen LogP contribution is -2.26. The van der Waals surface area contributed by atoms with E-state index in [1.807, 2.05) is 0 Å². The highest BCUT2D eigenvalue weighted by molar-refractivity contribution is 6.30. The Hall–Kier alpha value is -3.51. The molecule has 1 heterocycles. The molecule has 3 rings (SSSR count).